The number of H-pyrrole nitrogens is 1. The molecule has 1 fully saturated rings. The maximum absolute atomic E-state index is 11.4. The topological polar surface area (TPSA) is 67.9 Å². The van der Waals surface area contributed by atoms with Crippen LogP contribution in [0.3, 0.4) is 0 Å². The van der Waals surface area contributed by atoms with Gasteiger partial charge in [0, 0.05) is 12.0 Å². The summed E-state index contributed by atoms with van der Waals surface area (Å²) in [6.45, 7) is 2.62. The molecule has 104 valence electrons. The van der Waals surface area contributed by atoms with Gasteiger partial charge >= 0.3 is 5.97 Å². The molecule has 1 aliphatic heterocycles. The molecule has 0 amide bonds. The van der Waals surface area contributed by atoms with Crippen LogP contribution in [0, 0.1) is 0 Å². The van der Waals surface area contributed by atoms with Crippen molar-refractivity contribution in [2.45, 2.75) is 30.2 Å². The number of thioether (sulfide) groups is 1. The van der Waals surface area contributed by atoms with E-state index in [1.807, 2.05) is 12.1 Å². The summed E-state index contributed by atoms with van der Waals surface area (Å²) in [4.78, 5) is 15.8. The van der Waals surface area contributed by atoms with E-state index in [0.717, 1.165) is 24.2 Å². The highest BCUT2D eigenvalue weighted by Gasteiger charge is 2.28. The number of esters is 1. The lowest BCUT2D eigenvalue weighted by molar-refractivity contribution is -0.137. The number of carbonyl (C=O) groups excluding carboxylic acids is 1. The molecule has 5 nitrogen and oxygen atoms in total. The second kappa shape index (κ2) is 5.66. The molecule has 1 unspecified atom stereocenters. The first-order valence-corrected chi connectivity index (χ1v) is 7.49. The summed E-state index contributed by atoms with van der Waals surface area (Å²) in [5.74, 6) is 0.551. The molecule has 1 aromatic carbocycles. The van der Waals surface area contributed by atoms with E-state index in [1.54, 1.807) is 0 Å². The summed E-state index contributed by atoms with van der Waals surface area (Å²) in [6, 6.07) is 8.22. The summed E-state index contributed by atoms with van der Waals surface area (Å²) >= 11 is 1.35. The number of cyclic esters (lactones) is 1. The summed E-state index contributed by atoms with van der Waals surface area (Å²) in [5, 5.41) is 7.47. The van der Waals surface area contributed by atoms with Crippen LogP contribution in [0.2, 0.25) is 0 Å². The fourth-order valence-electron chi connectivity index (χ4n) is 2.04. The minimum absolute atomic E-state index is 0.173. The maximum atomic E-state index is 11.4. The predicted molar refractivity (Wildman–Crippen MR) is 76.4 cm³/mol. The number of nitrogens with one attached hydrogen (secondary N) is 1. The van der Waals surface area contributed by atoms with Crippen LogP contribution in [-0.4, -0.2) is 33.0 Å². The van der Waals surface area contributed by atoms with Gasteiger partial charge in [0.2, 0.25) is 5.16 Å². The first kappa shape index (κ1) is 13.2. The van der Waals surface area contributed by atoms with Crippen LogP contribution in [0.5, 0.6) is 0 Å². The van der Waals surface area contributed by atoms with Gasteiger partial charge in [-0.2, -0.15) is 0 Å². The molecule has 1 saturated heterocycles. The second-order valence-corrected chi connectivity index (χ2v) is 5.75. The number of hydrogen-bond acceptors (Lipinski definition) is 5. The van der Waals surface area contributed by atoms with Crippen molar-refractivity contribution in [3.63, 3.8) is 0 Å². The second-order valence-electron chi connectivity index (χ2n) is 4.58. The van der Waals surface area contributed by atoms with Crippen molar-refractivity contribution in [2.75, 3.05) is 6.61 Å². The van der Waals surface area contributed by atoms with Crippen LogP contribution in [-0.2, 0) is 16.0 Å². The van der Waals surface area contributed by atoms with Crippen molar-refractivity contribution < 1.29 is 9.53 Å². The first-order valence-electron chi connectivity index (χ1n) is 6.61. The quantitative estimate of drug-likeness (QED) is 0.876. The normalized spacial score (nSPS) is 18.2. The highest BCUT2D eigenvalue weighted by molar-refractivity contribution is 8.00. The van der Waals surface area contributed by atoms with Gasteiger partial charge in [0.1, 0.15) is 5.25 Å². The summed E-state index contributed by atoms with van der Waals surface area (Å²) in [5.41, 5.74) is 2.28. The number of aromatic nitrogens is 3. The molecule has 0 spiro atoms. The molecule has 2 aromatic rings. The molecule has 2 heterocycles. The molecule has 1 N–H and O–H groups in total. The zero-order valence-corrected chi connectivity index (χ0v) is 11.9. The van der Waals surface area contributed by atoms with E-state index in [9.17, 15) is 4.79 Å². The molecule has 1 aliphatic rings. The minimum atomic E-state index is -0.180. The fourth-order valence-corrected chi connectivity index (χ4v) is 2.91. The van der Waals surface area contributed by atoms with Crippen LogP contribution >= 0.6 is 11.8 Å². The highest BCUT2D eigenvalue weighted by Crippen LogP contribution is 2.28. The zero-order valence-electron chi connectivity index (χ0n) is 11.1. The Balaban J connectivity index is 1.73. The van der Waals surface area contributed by atoms with Gasteiger partial charge < -0.3 is 4.74 Å². The average molecular weight is 289 g/mol. The van der Waals surface area contributed by atoms with Crippen molar-refractivity contribution >= 4 is 17.7 Å². The average Bonchev–Trinajstić information content (AvgIpc) is 3.10. The lowest BCUT2D eigenvalue weighted by Crippen LogP contribution is -2.09. The lowest BCUT2D eigenvalue weighted by atomic mass is 10.1. The van der Waals surface area contributed by atoms with Crippen LogP contribution in [0.1, 0.15) is 18.9 Å². The number of carbonyl (C=O) groups is 1. The molecule has 0 radical (unpaired) electrons. The SMILES string of the molecule is CCc1ccc(-c2nc(SC3CCOC3=O)n[nH]2)cc1. The van der Waals surface area contributed by atoms with Crippen molar-refractivity contribution in [1.82, 2.24) is 15.2 Å². The Hall–Kier alpha value is -1.82. The number of ether oxygens (including phenoxy) is 1. The Bertz CT molecular complexity index is 609. The summed E-state index contributed by atoms with van der Waals surface area (Å²) < 4.78 is 4.93. The van der Waals surface area contributed by atoms with E-state index in [4.69, 9.17) is 4.74 Å². The Labute approximate surface area is 121 Å². The van der Waals surface area contributed by atoms with Crippen LogP contribution in [0.15, 0.2) is 29.4 Å². The molecule has 6 heteroatoms. The summed E-state index contributed by atoms with van der Waals surface area (Å²) in [6.07, 6.45) is 1.74. The van der Waals surface area contributed by atoms with Crippen molar-refractivity contribution in [1.29, 1.82) is 0 Å². The molecule has 1 aromatic heterocycles. The van der Waals surface area contributed by atoms with Gasteiger partial charge in [-0.15, -0.1) is 5.10 Å². The van der Waals surface area contributed by atoms with Gasteiger partial charge in [-0.3, -0.25) is 9.89 Å². The molecule has 3 rings (SSSR count). The Morgan fingerprint density at radius 1 is 1.40 bits per heavy atom. The van der Waals surface area contributed by atoms with Gasteiger partial charge in [-0.05, 0) is 12.0 Å². The molecule has 0 saturated carbocycles. The predicted octanol–water partition coefficient (Wildman–Crippen LogP) is 2.44. The highest BCUT2D eigenvalue weighted by atomic mass is 32.2. The van der Waals surface area contributed by atoms with E-state index >= 15 is 0 Å². The standard InChI is InChI=1S/C14H15N3O2S/c1-2-9-3-5-10(6-4-9)12-15-14(17-16-12)20-11-7-8-19-13(11)18/h3-6,11H,2,7-8H2,1H3,(H,15,16,17). The maximum Gasteiger partial charge on any atom is 0.319 e. The zero-order chi connectivity index (χ0) is 13.9. The third-order valence-corrected chi connectivity index (χ3v) is 4.34. The van der Waals surface area contributed by atoms with Crippen molar-refractivity contribution in [3.05, 3.63) is 29.8 Å². The van der Waals surface area contributed by atoms with Crippen molar-refractivity contribution in [2.24, 2.45) is 0 Å². The monoisotopic (exact) mass is 289 g/mol. The molecular weight excluding hydrogens is 274 g/mol. The number of aromatic amines is 1. The fraction of sp³-hybridized carbons (Fsp3) is 0.357. The third kappa shape index (κ3) is 2.70. The largest absolute Gasteiger partial charge is 0.465 e. The molecule has 20 heavy (non-hydrogen) atoms. The van der Waals surface area contributed by atoms with Crippen LogP contribution < -0.4 is 0 Å². The van der Waals surface area contributed by atoms with E-state index < -0.39 is 0 Å². The van der Waals surface area contributed by atoms with E-state index in [1.165, 1.54) is 17.3 Å². The van der Waals surface area contributed by atoms with Gasteiger partial charge in [0.05, 0.1) is 6.61 Å². The number of nitrogens with zero attached hydrogens (tertiary/aromatic N) is 2. The molecular formula is C14H15N3O2S. The van der Waals surface area contributed by atoms with E-state index in [-0.39, 0.29) is 11.2 Å². The van der Waals surface area contributed by atoms with Gasteiger partial charge in [0.25, 0.3) is 0 Å². The van der Waals surface area contributed by atoms with Gasteiger partial charge in [-0.1, -0.05) is 43.0 Å². The van der Waals surface area contributed by atoms with E-state index in [0.29, 0.717) is 11.8 Å². The first-order chi connectivity index (χ1) is 9.76. The van der Waals surface area contributed by atoms with Crippen molar-refractivity contribution in [3.8, 4) is 11.4 Å². The van der Waals surface area contributed by atoms with Gasteiger partial charge in [0.15, 0.2) is 5.82 Å². The Kier molecular flexibility index (Phi) is 3.73. The molecule has 1 atom stereocenters. The molecule has 0 bridgehead atoms. The molecule has 0 aliphatic carbocycles. The third-order valence-electron chi connectivity index (χ3n) is 3.24. The Morgan fingerprint density at radius 3 is 2.85 bits per heavy atom. The number of benzene rings is 1. The Morgan fingerprint density at radius 2 is 2.20 bits per heavy atom. The van der Waals surface area contributed by atoms with Gasteiger partial charge in [-0.25, -0.2) is 4.98 Å². The minimum Gasteiger partial charge on any atom is -0.465 e. The summed E-state index contributed by atoms with van der Waals surface area (Å²) in [7, 11) is 0. The van der Waals surface area contributed by atoms with E-state index in [2.05, 4.69) is 34.2 Å². The number of aryl methyl sites for hydroxylation is 1. The lowest BCUT2D eigenvalue weighted by Gasteiger charge is -2.00. The number of rotatable bonds is 4. The van der Waals surface area contributed by atoms with Crippen LogP contribution in [0.4, 0.5) is 0 Å². The van der Waals surface area contributed by atoms with Crippen LogP contribution in [0.25, 0.3) is 11.4 Å². The number of hydrogen-bond donors (Lipinski definition) is 1. The smallest absolute Gasteiger partial charge is 0.319 e.